The standard InChI is InChI=1S/C23H16N2O6/c26-20-18(30-22(28)15-7-3-1-4-8-15)19(31-23(29)16-9-5-2-6-10-16)21(27)25(20)17-11-13-24-14-12-17/h1-14,18-19H/t18-,19+. The molecule has 0 unspecified atom stereocenters. The van der Waals surface area contributed by atoms with Crippen LogP contribution in [0.3, 0.4) is 0 Å². The van der Waals surface area contributed by atoms with Gasteiger partial charge in [-0.15, -0.1) is 0 Å². The van der Waals surface area contributed by atoms with Crippen molar-refractivity contribution in [1.29, 1.82) is 0 Å². The van der Waals surface area contributed by atoms with Crippen molar-refractivity contribution in [3.63, 3.8) is 0 Å². The van der Waals surface area contributed by atoms with Gasteiger partial charge in [0.2, 0.25) is 12.2 Å². The molecule has 154 valence electrons. The fourth-order valence-corrected chi connectivity index (χ4v) is 3.11. The number of carbonyl (C=O) groups excluding carboxylic acids is 4. The zero-order chi connectivity index (χ0) is 21.8. The van der Waals surface area contributed by atoms with Crippen LogP contribution in [-0.2, 0) is 19.1 Å². The molecule has 1 aliphatic heterocycles. The van der Waals surface area contributed by atoms with Crippen molar-refractivity contribution in [3.05, 3.63) is 96.3 Å². The molecule has 0 N–H and O–H groups in total. The zero-order valence-electron chi connectivity index (χ0n) is 16.1. The molecule has 31 heavy (non-hydrogen) atoms. The van der Waals surface area contributed by atoms with Gasteiger partial charge in [0.25, 0.3) is 11.8 Å². The van der Waals surface area contributed by atoms with E-state index in [1.807, 2.05) is 0 Å². The van der Waals surface area contributed by atoms with Crippen molar-refractivity contribution in [2.45, 2.75) is 12.2 Å². The highest BCUT2D eigenvalue weighted by Gasteiger charge is 2.53. The van der Waals surface area contributed by atoms with Crippen LogP contribution in [0.2, 0.25) is 0 Å². The largest absolute Gasteiger partial charge is 0.444 e. The van der Waals surface area contributed by atoms with Gasteiger partial charge < -0.3 is 9.47 Å². The highest BCUT2D eigenvalue weighted by Crippen LogP contribution is 2.27. The summed E-state index contributed by atoms with van der Waals surface area (Å²) in [5.74, 6) is -3.26. The van der Waals surface area contributed by atoms with Gasteiger partial charge in [0, 0.05) is 12.4 Å². The molecule has 3 aromatic rings. The maximum absolute atomic E-state index is 13.0. The van der Waals surface area contributed by atoms with Gasteiger partial charge in [-0.05, 0) is 36.4 Å². The highest BCUT2D eigenvalue weighted by molar-refractivity contribution is 6.25. The Bertz CT molecular complexity index is 1050. The smallest absolute Gasteiger partial charge is 0.339 e. The van der Waals surface area contributed by atoms with E-state index in [9.17, 15) is 19.2 Å². The molecule has 2 amide bonds. The second kappa shape index (κ2) is 8.58. The number of benzene rings is 2. The van der Waals surface area contributed by atoms with Gasteiger partial charge in [0.05, 0.1) is 16.8 Å². The van der Waals surface area contributed by atoms with Crippen molar-refractivity contribution < 1.29 is 28.7 Å². The number of hydrogen-bond donors (Lipinski definition) is 0. The molecule has 0 aliphatic carbocycles. The number of imide groups is 1. The average molecular weight is 416 g/mol. The summed E-state index contributed by atoms with van der Waals surface area (Å²) < 4.78 is 10.7. The second-order valence-electron chi connectivity index (χ2n) is 6.60. The fourth-order valence-electron chi connectivity index (χ4n) is 3.11. The lowest BCUT2D eigenvalue weighted by Gasteiger charge is -2.16. The lowest BCUT2D eigenvalue weighted by atomic mass is 10.2. The number of ether oxygens (including phenoxy) is 2. The Morgan fingerprint density at radius 1 is 0.677 bits per heavy atom. The maximum Gasteiger partial charge on any atom is 0.339 e. The number of aromatic nitrogens is 1. The minimum Gasteiger partial charge on any atom is -0.444 e. The van der Waals surface area contributed by atoms with E-state index in [0.717, 1.165) is 4.90 Å². The van der Waals surface area contributed by atoms with Crippen molar-refractivity contribution >= 4 is 29.4 Å². The topological polar surface area (TPSA) is 103 Å². The Balaban J connectivity index is 1.64. The summed E-state index contributed by atoms with van der Waals surface area (Å²) >= 11 is 0. The lowest BCUT2D eigenvalue weighted by molar-refractivity contribution is -0.130. The molecule has 0 spiro atoms. The number of rotatable bonds is 5. The molecule has 8 nitrogen and oxygen atoms in total. The van der Waals surface area contributed by atoms with Gasteiger partial charge in [-0.1, -0.05) is 36.4 Å². The van der Waals surface area contributed by atoms with Crippen LogP contribution < -0.4 is 4.90 Å². The number of nitrogens with zero attached hydrogens (tertiary/aromatic N) is 2. The molecular weight excluding hydrogens is 400 g/mol. The quantitative estimate of drug-likeness (QED) is 0.465. The van der Waals surface area contributed by atoms with Gasteiger partial charge in [-0.3, -0.25) is 14.6 Å². The van der Waals surface area contributed by atoms with Crippen molar-refractivity contribution in [1.82, 2.24) is 4.98 Å². The first-order valence-corrected chi connectivity index (χ1v) is 9.36. The first kappa shape index (κ1) is 20.0. The maximum atomic E-state index is 13.0. The Hall–Kier alpha value is -4.33. The second-order valence-corrected chi connectivity index (χ2v) is 6.60. The number of carbonyl (C=O) groups is 4. The van der Waals surface area contributed by atoms with E-state index in [2.05, 4.69) is 4.98 Å². The number of anilines is 1. The van der Waals surface area contributed by atoms with E-state index >= 15 is 0 Å². The third-order valence-corrected chi connectivity index (χ3v) is 4.61. The zero-order valence-corrected chi connectivity index (χ0v) is 16.1. The summed E-state index contributed by atoms with van der Waals surface area (Å²) in [5, 5.41) is 0. The normalized spacial score (nSPS) is 18.0. The van der Waals surface area contributed by atoms with E-state index in [1.165, 1.54) is 48.8 Å². The van der Waals surface area contributed by atoms with Crippen molar-refractivity contribution in [2.24, 2.45) is 0 Å². The van der Waals surface area contributed by atoms with Gasteiger partial charge in [-0.25, -0.2) is 14.5 Å². The van der Waals surface area contributed by atoms with Gasteiger partial charge >= 0.3 is 11.9 Å². The molecule has 0 saturated carbocycles. The van der Waals surface area contributed by atoms with Gasteiger partial charge in [0.1, 0.15) is 0 Å². The Kier molecular flexibility index (Phi) is 5.53. The fraction of sp³-hybridized carbons (Fsp3) is 0.0870. The predicted molar refractivity (Wildman–Crippen MR) is 108 cm³/mol. The molecule has 2 heterocycles. The van der Waals surface area contributed by atoms with Gasteiger partial charge in [0.15, 0.2) is 0 Å². The average Bonchev–Trinajstić information content (AvgIpc) is 3.04. The van der Waals surface area contributed by atoms with Crippen LogP contribution in [0.4, 0.5) is 5.69 Å². The van der Waals surface area contributed by atoms with E-state index in [4.69, 9.17) is 9.47 Å². The van der Waals surface area contributed by atoms with Crippen molar-refractivity contribution in [2.75, 3.05) is 4.90 Å². The number of amides is 2. The molecule has 2 aromatic carbocycles. The monoisotopic (exact) mass is 416 g/mol. The molecular formula is C23H16N2O6. The highest BCUT2D eigenvalue weighted by atomic mass is 16.6. The van der Waals surface area contributed by atoms with Crippen LogP contribution in [0.1, 0.15) is 20.7 Å². The predicted octanol–water partition coefficient (Wildman–Crippen LogP) is 2.41. The van der Waals surface area contributed by atoms with E-state index in [1.54, 1.807) is 36.4 Å². The molecule has 1 aromatic heterocycles. The summed E-state index contributed by atoms with van der Waals surface area (Å²) in [6, 6.07) is 18.9. The van der Waals surface area contributed by atoms with Crippen LogP contribution in [0, 0.1) is 0 Å². The summed E-state index contributed by atoms with van der Waals surface area (Å²) in [6.07, 6.45) is -0.434. The summed E-state index contributed by atoms with van der Waals surface area (Å²) in [6.45, 7) is 0. The summed E-state index contributed by atoms with van der Waals surface area (Å²) in [7, 11) is 0. The summed E-state index contributed by atoms with van der Waals surface area (Å²) in [4.78, 5) is 55.8. The molecule has 0 bridgehead atoms. The molecule has 1 fully saturated rings. The van der Waals surface area contributed by atoms with Crippen LogP contribution in [0.15, 0.2) is 85.2 Å². The van der Waals surface area contributed by atoms with Crippen LogP contribution in [-0.4, -0.2) is 40.9 Å². The third-order valence-electron chi connectivity index (χ3n) is 4.61. The molecule has 1 saturated heterocycles. The molecule has 2 atom stereocenters. The van der Waals surface area contributed by atoms with Crippen LogP contribution in [0.25, 0.3) is 0 Å². The van der Waals surface area contributed by atoms with E-state index in [-0.39, 0.29) is 16.8 Å². The number of esters is 2. The van der Waals surface area contributed by atoms with E-state index in [0.29, 0.717) is 0 Å². The molecule has 0 radical (unpaired) electrons. The lowest BCUT2D eigenvalue weighted by Crippen LogP contribution is -2.37. The first-order valence-electron chi connectivity index (χ1n) is 9.36. The van der Waals surface area contributed by atoms with Gasteiger partial charge in [-0.2, -0.15) is 0 Å². The Morgan fingerprint density at radius 2 is 1.10 bits per heavy atom. The SMILES string of the molecule is O=C(O[C@@H]1C(=O)N(c2ccncc2)C(=O)[C@@H]1OC(=O)c1ccccc1)c1ccccc1. The minimum absolute atomic E-state index is 0.193. The minimum atomic E-state index is -1.62. The Labute approximate surface area is 177 Å². The number of hydrogen-bond acceptors (Lipinski definition) is 7. The van der Waals surface area contributed by atoms with Crippen LogP contribution in [0.5, 0.6) is 0 Å². The molecule has 8 heteroatoms. The number of pyridine rings is 1. The van der Waals surface area contributed by atoms with Crippen LogP contribution >= 0.6 is 0 Å². The molecule has 1 aliphatic rings. The molecule has 4 rings (SSSR count). The first-order chi connectivity index (χ1) is 15.1. The summed E-state index contributed by atoms with van der Waals surface area (Å²) in [5.41, 5.74) is 0.612. The third kappa shape index (κ3) is 4.04. The Morgan fingerprint density at radius 3 is 1.52 bits per heavy atom. The van der Waals surface area contributed by atoms with Crippen molar-refractivity contribution in [3.8, 4) is 0 Å². The van der Waals surface area contributed by atoms with E-state index < -0.39 is 36.0 Å².